The third-order valence-corrected chi connectivity index (χ3v) is 6.71. The Balaban J connectivity index is 1.80. The number of piperidine rings is 1. The van der Waals surface area contributed by atoms with E-state index in [4.69, 9.17) is 0 Å². The predicted octanol–water partition coefficient (Wildman–Crippen LogP) is 1.17. The van der Waals surface area contributed by atoms with Crippen LogP contribution >= 0.6 is 0 Å². The molecule has 124 valence electrons. The average molecular weight is 317 g/mol. The molecule has 1 saturated carbocycles. The largest absolute Gasteiger partial charge is 0.317 e. The summed E-state index contributed by atoms with van der Waals surface area (Å²) in [6, 6.07) is 0. The maximum absolute atomic E-state index is 12.2. The van der Waals surface area contributed by atoms with Gasteiger partial charge in [0.15, 0.2) is 0 Å². The van der Waals surface area contributed by atoms with E-state index >= 15 is 0 Å². The summed E-state index contributed by atoms with van der Waals surface area (Å²) in [5.41, 5.74) is 0.0296. The zero-order chi connectivity index (χ0) is 15.3. The Hall–Kier alpha value is -0.170. The maximum atomic E-state index is 12.2. The second-order valence-corrected chi connectivity index (χ2v) is 8.87. The van der Waals surface area contributed by atoms with Gasteiger partial charge in [0.05, 0.1) is 5.75 Å². The van der Waals surface area contributed by atoms with Crippen molar-refractivity contribution >= 4 is 10.0 Å². The van der Waals surface area contributed by atoms with Gasteiger partial charge in [0.1, 0.15) is 0 Å². The number of nitrogens with one attached hydrogen (secondary N) is 2. The minimum absolute atomic E-state index is 0.0296. The molecule has 0 aromatic heterocycles. The number of likely N-dealkylation sites (N-methyl/N-ethyl adjacent to an activating group) is 1. The van der Waals surface area contributed by atoms with Crippen molar-refractivity contribution in [2.45, 2.75) is 50.5 Å². The van der Waals surface area contributed by atoms with Crippen molar-refractivity contribution < 1.29 is 8.42 Å². The topological polar surface area (TPSA) is 61.4 Å². The summed E-state index contributed by atoms with van der Waals surface area (Å²) in [6.07, 6.45) is 7.61. The lowest BCUT2D eigenvalue weighted by atomic mass is 9.96. The minimum Gasteiger partial charge on any atom is -0.317 e. The SMILES string of the molecule is CN(C)C1(CNS(=O)(=O)CCC2CCNCC2)CCCC1. The lowest BCUT2D eigenvalue weighted by molar-refractivity contribution is 0.162. The van der Waals surface area contributed by atoms with Crippen molar-refractivity contribution in [1.29, 1.82) is 0 Å². The van der Waals surface area contributed by atoms with Crippen LogP contribution in [0.15, 0.2) is 0 Å². The van der Waals surface area contributed by atoms with E-state index in [0.29, 0.717) is 12.5 Å². The standard InChI is InChI=1S/C15H31N3O2S/c1-18(2)15(8-3-4-9-15)13-17-21(19,20)12-7-14-5-10-16-11-6-14/h14,16-17H,3-13H2,1-2H3. The molecule has 1 saturated heterocycles. The Morgan fingerprint density at radius 1 is 1.19 bits per heavy atom. The first-order valence-electron chi connectivity index (χ1n) is 8.29. The lowest BCUT2D eigenvalue weighted by Gasteiger charge is -2.36. The molecule has 0 aromatic rings. The van der Waals surface area contributed by atoms with Gasteiger partial charge < -0.3 is 10.2 Å². The Morgan fingerprint density at radius 2 is 1.81 bits per heavy atom. The summed E-state index contributed by atoms with van der Waals surface area (Å²) in [7, 11) is 0.991. The Kier molecular flexibility index (Phi) is 6.05. The molecule has 0 aromatic carbocycles. The van der Waals surface area contributed by atoms with Gasteiger partial charge in [-0.15, -0.1) is 0 Å². The fourth-order valence-corrected chi connectivity index (χ4v) is 4.90. The molecule has 1 heterocycles. The number of hydrogen-bond acceptors (Lipinski definition) is 4. The highest BCUT2D eigenvalue weighted by Gasteiger charge is 2.36. The third-order valence-electron chi connectivity index (χ3n) is 5.36. The summed E-state index contributed by atoms with van der Waals surface area (Å²) in [6.45, 7) is 2.62. The molecule has 21 heavy (non-hydrogen) atoms. The van der Waals surface area contributed by atoms with E-state index in [1.54, 1.807) is 0 Å². The van der Waals surface area contributed by atoms with E-state index in [1.165, 1.54) is 12.8 Å². The van der Waals surface area contributed by atoms with Crippen LogP contribution in [-0.2, 0) is 10.0 Å². The van der Waals surface area contributed by atoms with Gasteiger partial charge in [-0.25, -0.2) is 13.1 Å². The van der Waals surface area contributed by atoms with Crippen LogP contribution in [0.2, 0.25) is 0 Å². The first kappa shape index (κ1) is 17.2. The minimum atomic E-state index is -3.14. The second-order valence-electron chi connectivity index (χ2n) is 6.95. The van der Waals surface area contributed by atoms with Crippen LogP contribution in [0.25, 0.3) is 0 Å². The van der Waals surface area contributed by atoms with Crippen LogP contribution in [0.3, 0.4) is 0 Å². The summed E-state index contributed by atoms with van der Waals surface area (Å²) < 4.78 is 27.4. The van der Waals surface area contributed by atoms with Crippen LogP contribution in [0.5, 0.6) is 0 Å². The van der Waals surface area contributed by atoms with Crippen molar-refractivity contribution in [3.05, 3.63) is 0 Å². The molecule has 1 aliphatic carbocycles. The van der Waals surface area contributed by atoms with Crippen molar-refractivity contribution in [2.24, 2.45) is 5.92 Å². The fourth-order valence-electron chi connectivity index (χ4n) is 3.62. The van der Waals surface area contributed by atoms with E-state index in [2.05, 4.69) is 29.0 Å². The Morgan fingerprint density at radius 3 is 2.38 bits per heavy atom. The molecule has 0 bridgehead atoms. The zero-order valence-electron chi connectivity index (χ0n) is 13.5. The summed E-state index contributed by atoms with van der Waals surface area (Å²) in [5.74, 6) is 0.846. The van der Waals surface area contributed by atoms with Gasteiger partial charge in [0, 0.05) is 12.1 Å². The molecule has 2 N–H and O–H groups in total. The van der Waals surface area contributed by atoms with Gasteiger partial charge in [0.25, 0.3) is 0 Å². The molecule has 0 amide bonds. The zero-order valence-corrected chi connectivity index (χ0v) is 14.3. The molecule has 1 aliphatic heterocycles. The first-order valence-corrected chi connectivity index (χ1v) is 9.94. The average Bonchev–Trinajstić information content (AvgIpc) is 2.95. The second kappa shape index (κ2) is 7.40. The van der Waals surface area contributed by atoms with E-state index < -0.39 is 10.0 Å². The number of sulfonamides is 1. The van der Waals surface area contributed by atoms with Gasteiger partial charge in [-0.1, -0.05) is 12.8 Å². The first-order chi connectivity index (χ1) is 9.94. The third kappa shape index (κ3) is 4.91. The highest BCUT2D eigenvalue weighted by molar-refractivity contribution is 7.89. The molecule has 2 fully saturated rings. The van der Waals surface area contributed by atoms with Gasteiger partial charge >= 0.3 is 0 Å². The van der Waals surface area contributed by atoms with Crippen molar-refractivity contribution in [1.82, 2.24) is 14.9 Å². The predicted molar refractivity (Wildman–Crippen MR) is 86.9 cm³/mol. The van der Waals surface area contributed by atoms with E-state index in [-0.39, 0.29) is 11.3 Å². The number of hydrogen-bond donors (Lipinski definition) is 2. The quantitative estimate of drug-likeness (QED) is 0.740. The molecule has 0 spiro atoms. The van der Waals surface area contributed by atoms with E-state index in [9.17, 15) is 8.42 Å². The molecule has 6 heteroatoms. The Labute approximate surface area is 129 Å². The highest BCUT2D eigenvalue weighted by Crippen LogP contribution is 2.33. The van der Waals surface area contributed by atoms with Crippen molar-refractivity contribution in [3.8, 4) is 0 Å². The van der Waals surface area contributed by atoms with E-state index in [1.807, 2.05) is 0 Å². The van der Waals surface area contributed by atoms with Crippen LogP contribution in [0, 0.1) is 5.92 Å². The molecule has 0 unspecified atom stereocenters. The Bertz CT molecular complexity index is 411. The molecular weight excluding hydrogens is 286 g/mol. The molecule has 2 aliphatic rings. The monoisotopic (exact) mass is 317 g/mol. The highest BCUT2D eigenvalue weighted by atomic mass is 32.2. The maximum Gasteiger partial charge on any atom is 0.211 e. The van der Waals surface area contributed by atoms with Gasteiger partial charge in [-0.2, -0.15) is 0 Å². The van der Waals surface area contributed by atoms with Crippen LogP contribution in [0.4, 0.5) is 0 Å². The molecule has 5 nitrogen and oxygen atoms in total. The fraction of sp³-hybridized carbons (Fsp3) is 1.00. The smallest absolute Gasteiger partial charge is 0.211 e. The van der Waals surface area contributed by atoms with Gasteiger partial charge in [-0.05, 0) is 65.2 Å². The lowest BCUT2D eigenvalue weighted by Crippen LogP contribution is -2.51. The van der Waals surface area contributed by atoms with Crippen LogP contribution in [0.1, 0.15) is 44.9 Å². The number of rotatable bonds is 7. The summed E-state index contributed by atoms with van der Waals surface area (Å²) >= 11 is 0. The number of nitrogens with zero attached hydrogens (tertiary/aromatic N) is 1. The molecule has 0 radical (unpaired) electrons. The molecule has 2 rings (SSSR count). The van der Waals surface area contributed by atoms with Crippen molar-refractivity contribution in [2.75, 3.05) is 39.5 Å². The molecular formula is C15H31N3O2S. The van der Waals surface area contributed by atoms with E-state index in [0.717, 1.165) is 45.2 Å². The van der Waals surface area contributed by atoms with Crippen LogP contribution < -0.4 is 10.0 Å². The normalized spacial score (nSPS) is 23.8. The molecule has 0 atom stereocenters. The summed E-state index contributed by atoms with van der Waals surface area (Å²) in [4.78, 5) is 2.20. The van der Waals surface area contributed by atoms with Crippen LogP contribution in [-0.4, -0.2) is 58.3 Å². The van der Waals surface area contributed by atoms with Gasteiger partial charge in [-0.3, -0.25) is 0 Å². The van der Waals surface area contributed by atoms with Gasteiger partial charge in [0.2, 0.25) is 10.0 Å². The van der Waals surface area contributed by atoms with Crippen molar-refractivity contribution in [3.63, 3.8) is 0 Å². The summed E-state index contributed by atoms with van der Waals surface area (Å²) in [5, 5.41) is 3.32.